The molecule has 1 fully saturated rings. The van der Waals surface area contributed by atoms with E-state index < -0.39 is 10.0 Å². The molecule has 0 radical (unpaired) electrons. The van der Waals surface area contributed by atoms with Gasteiger partial charge in [-0.1, -0.05) is 18.1 Å². The summed E-state index contributed by atoms with van der Waals surface area (Å²) in [5.74, 6) is 0.807. The van der Waals surface area contributed by atoms with Crippen molar-refractivity contribution in [3.63, 3.8) is 0 Å². The molecule has 0 bridgehead atoms. The van der Waals surface area contributed by atoms with Crippen LogP contribution in [0.2, 0.25) is 0 Å². The van der Waals surface area contributed by atoms with Crippen molar-refractivity contribution in [3.05, 3.63) is 35.5 Å². The fourth-order valence-corrected chi connectivity index (χ4v) is 4.94. The van der Waals surface area contributed by atoms with E-state index in [2.05, 4.69) is 15.5 Å². The van der Waals surface area contributed by atoms with Crippen LogP contribution in [0.1, 0.15) is 44.0 Å². The molecule has 1 N–H and O–H groups in total. The van der Waals surface area contributed by atoms with Gasteiger partial charge in [-0.25, -0.2) is 8.42 Å². The standard InChI is InChI=1S/C18H24N4O4S/c1-12-5-6-15(19-13(2)23)16(11-12)27(24,25)22-9-7-18(4,8-10-22)17-20-14(3)26-21-17/h5-6,11H,7-10H2,1-4H3,(H,19,23). The normalized spacial score (nSPS) is 17.6. The Labute approximate surface area is 159 Å². The Balaban J connectivity index is 1.85. The Morgan fingerprint density at radius 2 is 1.93 bits per heavy atom. The maximum absolute atomic E-state index is 13.2. The maximum atomic E-state index is 13.2. The molecular weight excluding hydrogens is 368 g/mol. The number of benzene rings is 1. The summed E-state index contributed by atoms with van der Waals surface area (Å²) in [4.78, 5) is 15.9. The van der Waals surface area contributed by atoms with Crippen molar-refractivity contribution >= 4 is 21.6 Å². The highest BCUT2D eigenvalue weighted by Crippen LogP contribution is 2.36. The second-order valence-corrected chi connectivity index (χ2v) is 9.19. The Morgan fingerprint density at radius 3 is 2.48 bits per heavy atom. The lowest BCUT2D eigenvalue weighted by Crippen LogP contribution is -2.44. The van der Waals surface area contributed by atoms with Crippen LogP contribution < -0.4 is 5.32 Å². The van der Waals surface area contributed by atoms with Gasteiger partial charge in [-0.3, -0.25) is 4.79 Å². The third-order valence-corrected chi connectivity index (χ3v) is 6.90. The van der Waals surface area contributed by atoms with Crippen LogP contribution in [0.25, 0.3) is 0 Å². The summed E-state index contributed by atoms with van der Waals surface area (Å²) in [6, 6.07) is 4.99. The van der Waals surface area contributed by atoms with Gasteiger partial charge < -0.3 is 9.84 Å². The predicted molar refractivity (Wildman–Crippen MR) is 99.9 cm³/mol. The molecule has 27 heavy (non-hydrogen) atoms. The van der Waals surface area contributed by atoms with Crippen LogP contribution in [0.3, 0.4) is 0 Å². The van der Waals surface area contributed by atoms with E-state index in [0.29, 0.717) is 43.3 Å². The molecule has 9 heteroatoms. The second-order valence-electron chi connectivity index (χ2n) is 7.28. The quantitative estimate of drug-likeness (QED) is 0.856. The van der Waals surface area contributed by atoms with Crippen LogP contribution in [-0.4, -0.2) is 41.9 Å². The lowest BCUT2D eigenvalue weighted by Gasteiger charge is -2.36. The second kappa shape index (κ2) is 7.05. The third kappa shape index (κ3) is 3.89. The molecule has 8 nitrogen and oxygen atoms in total. The molecule has 2 heterocycles. The Bertz CT molecular complexity index is 959. The highest BCUT2D eigenvalue weighted by molar-refractivity contribution is 7.89. The van der Waals surface area contributed by atoms with Gasteiger partial charge in [-0.05, 0) is 37.5 Å². The van der Waals surface area contributed by atoms with Gasteiger partial charge in [0, 0.05) is 32.4 Å². The zero-order valence-corrected chi connectivity index (χ0v) is 16.8. The predicted octanol–water partition coefficient (Wildman–Crippen LogP) is 2.39. The van der Waals surface area contributed by atoms with E-state index in [0.717, 1.165) is 5.56 Å². The molecule has 1 aromatic carbocycles. The molecule has 0 aliphatic carbocycles. The van der Waals surface area contributed by atoms with Gasteiger partial charge in [-0.15, -0.1) is 0 Å². The summed E-state index contributed by atoms with van der Waals surface area (Å²) < 4.78 is 33.0. The Kier molecular flexibility index (Phi) is 5.09. The van der Waals surface area contributed by atoms with E-state index in [1.165, 1.54) is 11.2 Å². The minimum absolute atomic E-state index is 0.122. The fraction of sp³-hybridized carbons (Fsp3) is 0.500. The third-order valence-electron chi connectivity index (χ3n) is 4.96. The van der Waals surface area contributed by atoms with E-state index in [1.807, 2.05) is 13.8 Å². The molecule has 1 saturated heterocycles. The average Bonchev–Trinajstić information content (AvgIpc) is 3.04. The Morgan fingerprint density at radius 1 is 1.26 bits per heavy atom. The molecule has 1 aliphatic rings. The summed E-state index contributed by atoms with van der Waals surface area (Å²) in [5.41, 5.74) is 0.790. The van der Waals surface area contributed by atoms with Gasteiger partial charge in [0.2, 0.25) is 21.8 Å². The topological polar surface area (TPSA) is 105 Å². The summed E-state index contributed by atoms with van der Waals surface area (Å²) in [6.07, 6.45) is 1.18. The number of nitrogens with one attached hydrogen (secondary N) is 1. The number of anilines is 1. The van der Waals surface area contributed by atoms with Crippen LogP contribution in [0.4, 0.5) is 5.69 Å². The summed E-state index contributed by atoms with van der Waals surface area (Å²) in [6.45, 7) is 7.63. The van der Waals surface area contributed by atoms with Crippen molar-refractivity contribution in [1.29, 1.82) is 0 Å². The molecule has 1 amide bonds. The van der Waals surface area contributed by atoms with Gasteiger partial charge in [0.25, 0.3) is 0 Å². The van der Waals surface area contributed by atoms with Gasteiger partial charge >= 0.3 is 0 Å². The molecular formula is C18H24N4O4S. The van der Waals surface area contributed by atoms with Crippen molar-refractivity contribution in [2.45, 2.75) is 50.8 Å². The summed E-state index contributed by atoms with van der Waals surface area (Å²) in [7, 11) is -3.73. The first-order valence-corrected chi connectivity index (χ1v) is 10.2. The molecule has 0 unspecified atom stereocenters. The fourth-order valence-electron chi connectivity index (χ4n) is 3.26. The number of carbonyl (C=O) groups is 1. The van der Waals surface area contributed by atoms with Crippen LogP contribution in [0.5, 0.6) is 0 Å². The van der Waals surface area contributed by atoms with Crippen molar-refractivity contribution in [1.82, 2.24) is 14.4 Å². The first-order valence-electron chi connectivity index (χ1n) is 8.81. The van der Waals surface area contributed by atoms with Gasteiger partial charge in [0.05, 0.1) is 5.69 Å². The Hall–Kier alpha value is -2.26. The van der Waals surface area contributed by atoms with Gasteiger partial charge in [-0.2, -0.15) is 9.29 Å². The van der Waals surface area contributed by atoms with E-state index in [1.54, 1.807) is 25.1 Å². The van der Waals surface area contributed by atoms with Crippen molar-refractivity contribution in [3.8, 4) is 0 Å². The number of hydrogen-bond donors (Lipinski definition) is 1. The molecule has 146 valence electrons. The number of carbonyl (C=O) groups excluding carboxylic acids is 1. The number of nitrogens with zero attached hydrogens (tertiary/aromatic N) is 3. The average molecular weight is 392 g/mol. The zero-order valence-electron chi connectivity index (χ0n) is 15.9. The largest absolute Gasteiger partial charge is 0.340 e. The lowest BCUT2D eigenvalue weighted by molar-refractivity contribution is -0.114. The molecule has 0 saturated carbocycles. The summed E-state index contributed by atoms with van der Waals surface area (Å²) >= 11 is 0. The summed E-state index contributed by atoms with van der Waals surface area (Å²) in [5, 5.41) is 6.63. The highest BCUT2D eigenvalue weighted by Gasteiger charge is 2.40. The van der Waals surface area contributed by atoms with Crippen LogP contribution in [0.15, 0.2) is 27.6 Å². The van der Waals surface area contributed by atoms with Gasteiger partial charge in [0.15, 0.2) is 5.82 Å². The molecule has 2 aromatic rings. The number of piperidine rings is 1. The monoisotopic (exact) mass is 392 g/mol. The van der Waals surface area contributed by atoms with E-state index in [4.69, 9.17) is 4.52 Å². The number of rotatable bonds is 4. The maximum Gasteiger partial charge on any atom is 0.245 e. The van der Waals surface area contributed by atoms with Gasteiger partial charge in [0.1, 0.15) is 4.90 Å². The number of aryl methyl sites for hydroxylation is 2. The minimum atomic E-state index is -3.73. The van der Waals surface area contributed by atoms with Crippen LogP contribution in [-0.2, 0) is 20.2 Å². The molecule has 0 spiro atoms. The van der Waals surface area contributed by atoms with Crippen molar-refractivity contribution in [2.75, 3.05) is 18.4 Å². The van der Waals surface area contributed by atoms with E-state index >= 15 is 0 Å². The number of sulfonamides is 1. The number of amides is 1. The zero-order chi connectivity index (χ0) is 19.8. The number of aromatic nitrogens is 2. The van der Waals surface area contributed by atoms with E-state index in [9.17, 15) is 13.2 Å². The van der Waals surface area contributed by atoms with Crippen molar-refractivity contribution in [2.24, 2.45) is 0 Å². The first kappa shape index (κ1) is 19.5. The molecule has 1 aromatic heterocycles. The first-order chi connectivity index (χ1) is 12.6. The molecule has 3 rings (SSSR count). The SMILES string of the molecule is CC(=O)Nc1ccc(C)cc1S(=O)(=O)N1CCC(C)(c2noc(C)n2)CC1. The lowest BCUT2D eigenvalue weighted by atomic mass is 9.80. The van der Waals surface area contributed by atoms with Crippen LogP contribution >= 0.6 is 0 Å². The van der Waals surface area contributed by atoms with Crippen molar-refractivity contribution < 1.29 is 17.7 Å². The molecule has 1 aliphatic heterocycles. The highest BCUT2D eigenvalue weighted by atomic mass is 32.2. The minimum Gasteiger partial charge on any atom is -0.340 e. The number of hydrogen-bond acceptors (Lipinski definition) is 6. The van der Waals surface area contributed by atoms with Crippen LogP contribution in [0, 0.1) is 13.8 Å². The molecule has 0 atom stereocenters. The van der Waals surface area contributed by atoms with E-state index in [-0.39, 0.29) is 16.2 Å². The smallest absolute Gasteiger partial charge is 0.245 e.